The normalized spacial score (nSPS) is 16.0. The van der Waals surface area contributed by atoms with E-state index in [4.69, 9.17) is 4.74 Å². The first kappa shape index (κ1) is 31.5. The lowest BCUT2D eigenvalue weighted by atomic mass is 9.97. The van der Waals surface area contributed by atoms with Gasteiger partial charge in [0.15, 0.2) is 0 Å². The molecule has 42 heavy (non-hydrogen) atoms. The molecule has 0 radical (unpaired) electrons. The molecule has 1 aliphatic heterocycles. The van der Waals surface area contributed by atoms with Crippen molar-refractivity contribution in [3.8, 4) is 5.75 Å². The maximum atomic E-state index is 13.6. The first-order valence-electron chi connectivity index (χ1n) is 13.5. The van der Waals surface area contributed by atoms with Crippen LogP contribution in [0.4, 0.5) is 17.6 Å². The highest BCUT2D eigenvalue weighted by Crippen LogP contribution is 2.34. The van der Waals surface area contributed by atoms with Gasteiger partial charge in [-0.05, 0) is 60.0 Å². The summed E-state index contributed by atoms with van der Waals surface area (Å²) in [5.41, 5.74) is 0.957. The lowest BCUT2D eigenvalue weighted by molar-refractivity contribution is -0.137. The number of amides is 1. The van der Waals surface area contributed by atoms with Gasteiger partial charge in [0, 0.05) is 24.9 Å². The van der Waals surface area contributed by atoms with Crippen molar-refractivity contribution in [2.45, 2.75) is 56.4 Å². The third-order valence-corrected chi connectivity index (χ3v) is 8.23. The topological polar surface area (TPSA) is 96.5 Å². The molecule has 3 aromatic carbocycles. The number of hydrogen-bond donors (Lipinski definition) is 3. The predicted octanol–water partition coefficient (Wildman–Crippen LogP) is 5.64. The van der Waals surface area contributed by atoms with Gasteiger partial charge in [-0.25, -0.2) is 17.5 Å². The van der Waals surface area contributed by atoms with Crippen molar-refractivity contribution in [1.29, 1.82) is 0 Å². The molecule has 4 rings (SSSR count). The van der Waals surface area contributed by atoms with Crippen LogP contribution in [0.1, 0.15) is 61.0 Å². The number of carbonyl (C=O) groups is 1. The summed E-state index contributed by atoms with van der Waals surface area (Å²) in [5, 5.41) is 6.30. The molecule has 0 saturated carbocycles. The van der Waals surface area contributed by atoms with E-state index in [0.717, 1.165) is 48.0 Å². The molecule has 12 heteroatoms. The van der Waals surface area contributed by atoms with Crippen LogP contribution in [0.2, 0.25) is 0 Å². The van der Waals surface area contributed by atoms with Gasteiger partial charge in [0.05, 0.1) is 29.1 Å². The Labute approximate surface area is 242 Å². The van der Waals surface area contributed by atoms with Crippen LogP contribution >= 0.6 is 0 Å². The Bertz CT molecular complexity index is 1500. The molecule has 0 saturated heterocycles. The fraction of sp³-hybridized carbons (Fsp3) is 0.367. The van der Waals surface area contributed by atoms with Gasteiger partial charge in [0.2, 0.25) is 15.9 Å². The van der Waals surface area contributed by atoms with Crippen molar-refractivity contribution in [3.05, 3.63) is 94.8 Å². The van der Waals surface area contributed by atoms with Gasteiger partial charge < -0.3 is 15.4 Å². The van der Waals surface area contributed by atoms with Gasteiger partial charge in [-0.3, -0.25) is 4.79 Å². The summed E-state index contributed by atoms with van der Waals surface area (Å²) in [5.74, 6) is 0.0827. The molecule has 7 nitrogen and oxygen atoms in total. The van der Waals surface area contributed by atoms with E-state index < -0.39 is 50.5 Å². The van der Waals surface area contributed by atoms with Crippen LogP contribution in [0, 0.1) is 11.7 Å². The van der Waals surface area contributed by atoms with Crippen LogP contribution in [0.3, 0.4) is 0 Å². The van der Waals surface area contributed by atoms with Gasteiger partial charge >= 0.3 is 6.18 Å². The fourth-order valence-corrected chi connectivity index (χ4v) is 5.93. The summed E-state index contributed by atoms with van der Waals surface area (Å²) in [6.07, 6.45) is -4.64. The van der Waals surface area contributed by atoms with E-state index in [1.807, 2.05) is 18.2 Å². The van der Waals surface area contributed by atoms with E-state index in [9.17, 15) is 30.8 Å². The first-order valence-corrected chi connectivity index (χ1v) is 15.0. The minimum absolute atomic E-state index is 0.271. The summed E-state index contributed by atoms with van der Waals surface area (Å²) in [6, 6.07) is 12.4. The summed E-state index contributed by atoms with van der Waals surface area (Å²) in [7, 11) is -4.50. The van der Waals surface area contributed by atoms with Crippen LogP contribution in [0.15, 0.2) is 71.6 Å². The van der Waals surface area contributed by atoms with Gasteiger partial charge in [-0.1, -0.05) is 44.2 Å². The molecule has 1 amide bonds. The van der Waals surface area contributed by atoms with E-state index in [-0.39, 0.29) is 12.0 Å². The quantitative estimate of drug-likeness (QED) is 0.245. The fourth-order valence-electron chi connectivity index (χ4n) is 4.66. The zero-order valence-corrected chi connectivity index (χ0v) is 24.0. The monoisotopic (exact) mass is 607 g/mol. The average molecular weight is 608 g/mol. The standard InChI is InChI=1S/C30H33F4N3O4S/c1-19(2)17-35-18-20-6-11-25-26(12-13-41-28(25)14-20)36-29(38)16-27(21-7-9-23(31)10-8-21)37-42(39,40)24-5-3-4-22(15-24)30(32,33)34/h3-11,14-15,19,26-27,35,37H,12-13,16-18H2,1-2H3,(H,36,38)/t26-,27-/m1/s1. The van der Waals surface area contributed by atoms with E-state index in [1.54, 1.807) is 0 Å². The van der Waals surface area contributed by atoms with E-state index >= 15 is 0 Å². The van der Waals surface area contributed by atoms with Crippen molar-refractivity contribution in [2.24, 2.45) is 5.92 Å². The van der Waals surface area contributed by atoms with Crippen molar-refractivity contribution < 1.29 is 35.5 Å². The van der Waals surface area contributed by atoms with Crippen LogP contribution in [-0.2, 0) is 27.5 Å². The molecule has 226 valence electrons. The van der Waals surface area contributed by atoms with Gasteiger partial charge in [-0.2, -0.15) is 13.2 Å². The second kappa shape index (κ2) is 13.2. The number of nitrogens with one attached hydrogen (secondary N) is 3. The predicted molar refractivity (Wildman–Crippen MR) is 150 cm³/mol. The smallest absolute Gasteiger partial charge is 0.416 e. The number of benzene rings is 3. The molecule has 0 aliphatic carbocycles. The van der Waals surface area contributed by atoms with Gasteiger partial charge in [0.1, 0.15) is 11.6 Å². The Morgan fingerprint density at radius 3 is 2.48 bits per heavy atom. The molecule has 0 unspecified atom stereocenters. The Morgan fingerprint density at radius 2 is 1.79 bits per heavy atom. The molecule has 0 fully saturated rings. The van der Waals surface area contributed by atoms with Crippen molar-refractivity contribution in [1.82, 2.24) is 15.4 Å². The first-order chi connectivity index (χ1) is 19.8. The number of hydrogen-bond acceptors (Lipinski definition) is 5. The molecule has 1 aliphatic rings. The number of sulfonamides is 1. The highest BCUT2D eigenvalue weighted by atomic mass is 32.2. The van der Waals surface area contributed by atoms with E-state index in [1.165, 1.54) is 12.1 Å². The Kier molecular flexibility index (Phi) is 9.90. The van der Waals surface area contributed by atoms with Crippen LogP contribution < -0.4 is 20.1 Å². The summed E-state index contributed by atoms with van der Waals surface area (Å²) in [6.45, 7) is 6.13. The largest absolute Gasteiger partial charge is 0.493 e. The zero-order chi connectivity index (χ0) is 30.5. The number of halogens is 4. The SMILES string of the molecule is CC(C)CNCc1ccc2c(c1)OCC[C@H]2NC(=O)C[C@@H](NS(=O)(=O)c1cccc(C(F)(F)F)c1)c1ccc(F)cc1. The molecule has 3 N–H and O–H groups in total. The van der Waals surface area contributed by atoms with Crippen LogP contribution in [0.25, 0.3) is 0 Å². The molecule has 0 spiro atoms. The van der Waals surface area contributed by atoms with Crippen LogP contribution in [-0.4, -0.2) is 27.5 Å². The molecule has 0 aromatic heterocycles. The second-order valence-corrected chi connectivity index (χ2v) is 12.3. The molecule has 1 heterocycles. The third kappa shape index (κ3) is 8.30. The highest BCUT2D eigenvalue weighted by molar-refractivity contribution is 7.89. The maximum Gasteiger partial charge on any atom is 0.416 e. The zero-order valence-electron chi connectivity index (χ0n) is 23.2. The van der Waals surface area contributed by atoms with Crippen molar-refractivity contribution in [2.75, 3.05) is 13.2 Å². The molecular formula is C30H33F4N3O4S. The number of rotatable bonds is 11. The minimum Gasteiger partial charge on any atom is -0.493 e. The molecule has 3 aromatic rings. The molecule has 2 atom stereocenters. The van der Waals surface area contributed by atoms with E-state index in [2.05, 4.69) is 29.2 Å². The summed E-state index contributed by atoms with van der Waals surface area (Å²) >= 11 is 0. The highest BCUT2D eigenvalue weighted by Gasteiger charge is 2.33. The third-order valence-electron chi connectivity index (χ3n) is 6.77. The van der Waals surface area contributed by atoms with Crippen LogP contribution in [0.5, 0.6) is 5.75 Å². The number of fused-ring (bicyclic) bond motifs is 1. The van der Waals surface area contributed by atoms with E-state index in [0.29, 0.717) is 37.3 Å². The molecule has 0 bridgehead atoms. The Hall–Kier alpha value is -3.48. The maximum absolute atomic E-state index is 13.6. The lowest BCUT2D eigenvalue weighted by Crippen LogP contribution is -2.36. The summed E-state index contributed by atoms with van der Waals surface area (Å²) < 4.78 is 87.7. The summed E-state index contributed by atoms with van der Waals surface area (Å²) in [4.78, 5) is 12.6. The average Bonchev–Trinajstić information content (AvgIpc) is 2.92. The van der Waals surface area contributed by atoms with Gasteiger partial charge in [-0.15, -0.1) is 0 Å². The number of alkyl halides is 3. The Morgan fingerprint density at radius 1 is 1.05 bits per heavy atom. The minimum atomic E-state index is -4.74. The van der Waals surface area contributed by atoms with Crippen molar-refractivity contribution >= 4 is 15.9 Å². The van der Waals surface area contributed by atoms with Crippen molar-refractivity contribution in [3.63, 3.8) is 0 Å². The molecular weight excluding hydrogens is 574 g/mol. The number of ether oxygens (including phenoxy) is 1. The second-order valence-electron chi connectivity index (χ2n) is 10.6. The Balaban J connectivity index is 1.51. The lowest BCUT2D eigenvalue weighted by Gasteiger charge is -2.28. The number of carbonyl (C=O) groups excluding carboxylic acids is 1. The van der Waals surface area contributed by atoms with Gasteiger partial charge in [0.25, 0.3) is 0 Å².